The molecule has 0 rings (SSSR count). The average molecular weight is 271 g/mol. The summed E-state index contributed by atoms with van der Waals surface area (Å²) in [5.41, 5.74) is 5.60. The molecular formula is C15H33N3O. The van der Waals surface area contributed by atoms with Gasteiger partial charge in [-0.1, -0.05) is 19.8 Å². The third-order valence-corrected chi connectivity index (χ3v) is 3.41. The van der Waals surface area contributed by atoms with Crippen LogP contribution in [0, 0.1) is 5.92 Å². The van der Waals surface area contributed by atoms with Gasteiger partial charge in [0.2, 0.25) is 5.91 Å². The second kappa shape index (κ2) is 12.4. The lowest BCUT2D eigenvalue weighted by Gasteiger charge is -2.14. The molecule has 0 radical (unpaired) electrons. The summed E-state index contributed by atoms with van der Waals surface area (Å²) in [6.07, 6.45) is 7.24. The summed E-state index contributed by atoms with van der Waals surface area (Å²) in [7, 11) is 4.15. The number of carbonyl (C=O) groups excluding carboxylic acids is 1. The second-order valence-corrected chi connectivity index (χ2v) is 5.63. The van der Waals surface area contributed by atoms with Crippen LogP contribution < -0.4 is 11.1 Å². The summed E-state index contributed by atoms with van der Waals surface area (Å²) in [6.45, 7) is 4.82. The molecule has 0 spiro atoms. The summed E-state index contributed by atoms with van der Waals surface area (Å²) in [5, 5.41) is 3.01. The Morgan fingerprint density at radius 2 is 1.95 bits per heavy atom. The maximum absolute atomic E-state index is 11.7. The Morgan fingerprint density at radius 3 is 2.53 bits per heavy atom. The van der Waals surface area contributed by atoms with Crippen LogP contribution in [-0.4, -0.2) is 44.5 Å². The molecule has 1 unspecified atom stereocenters. The molecule has 3 N–H and O–H groups in total. The molecule has 0 heterocycles. The van der Waals surface area contributed by atoms with Crippen molar-refractivity contribution < 1.29 is 4.79 Å². The zero-order chi connectivity index (χ0) is 14.5. The summed E-state index contributed by atoms with van der Waals surface area (Å²) in [5.74, 6) is 0.817. The van der Waals surface area contributed by atoms with Crippen molar-refractivity contribution in [3.8, 4) is 0 Å². The maximum Gasteiger partial charge on any atom is 0.220 e. The van der Waals surface area contributed by atoms with Gasteiger partial charge in [-0.25, -0.2) is 0 Å². The van der Waals surface area contributed by atoms with Crippen molar-refractivity contribution >= 4 is 5.91 Å². The molecular weight excluding hydrogens is 238 g/mol. The normalized spacial score (nSPS) is 12.7. The Hall–Kier alpha value is -0.610. The molecule has 0 aromatic heterocycles. The number of nitrogens with two attached hydrogens (primary N) is 1. The monoisotopic (exact) mass is 271 g/mol. The molecule has 114 valence electrons. The van der Waals surface area contributed by atoms with Crippen LogP contribution in [0.25, 0.3) is 0 Å². The van der Waals surface area contributed by atoms with E-state index in [0.29, 0.717) is 12.3 Å². The number of rotatable bonds is 12. The molecule has 0 fully saturated rings. The van der Waals surface area contributed by atoms with E-state index in [4.69, 9.17) is 5.73 Å². The van der Waals surface area contributed by atoms with E-state index in [1.807, 2.05) is 0 Å². The molecule has 0 saturated heterocycles. The van der Waals surface area contributed by atoms with Crippen LogP contribution in [-0.2, 0) is 4.79 Å². The molecule has 1 amide bonds. The van der Waals surface area contributed by atoms with E-state index in [0.717, 1.165) is 45.3 Å². The van der Waals surface area contributed by atoms with Gasteiger partial charge in [-0.15, -0.1) is 0 Å². The minimum Gasteiger partial charge on any atom is -0.356 e. The van der Waals surface area contributed by atoms with Gasteiger partial charge in [-0.3, -0.25) is 4.79 Å². The van der Waals surface area contributed by atoms with Gasteiger partial charge < -0.3 is 16.0 Å². The standard InChI is InChI=1S/C15H33N3O/c1-4-7-14(10-11-16)8-9-15(19)17-12-5-6-13-18(2)3/h14H,4-13,16H2,1-3H3,(H,17,19). The van der Waals surface area contributed by atoms with Crippen molar-refractivity contribution in [3.63, 3.8) is 0 Å². The van der Waals surface area contributed by atoms with Gasteiger partial charge >= 0.3 is 0 Å². The number of hydrogen-bond acceptors (Lipinski definition) is 3. The Bertz CT molecular complexity index is 213. The number of hydrogen-bond donors (Lipinski definition) is 2. The molecule has 4 heteroatoms. The lowest BCUT2D eigenvalue weighted by Crippen LogP contribution is -2.25. The number of unbranched alkanes of at least 4 members (excludes halogenated alkanes) is 1. The van der Waals surface area contributed by atoms with Gasteiger partial charge in [-0.05, 0) is 58.8 Å². The smallest absolute Gasteiger partial charge is 0.220 e. The molecule has 0 aliphatic heterocycles. The van der Waals surface area contributed by atoms with Gasteiger partial charge in [0, 0.05) is 13.0 Å². The van der Waals surface area contributed by atoms with Gasteiger partial charge in [0.25, 0.3) is 0 Å². The highest BCUT2D eigenvalue weighted by Gasteiger charge is 2.09. The van der Waals surface area contributed by atoms with E-state index >= 15 is 0 Å². The van der Waals surface area contributed by atoms with Crippen molar-refractivity contribution in [2.75, 3.05) is 33.7 Å². The lowest BCUT2D eigenvalue weighted by atomic mass is 9.94. The fourth-order valence-electron chi connectivity index (χ4n) is 2.28. The average Bonchev–Trinajstić information content (AvgIpc) is 2.35. The highest BCUT2D eigenvalue weighted by Crippen LogP contribution is 2.16. The number of amides is 1. The zero-order valence-corrected chi connectivity index (χ0v) is 13.1. The van der Waals surface area contributed by atoms with E-state index in [1.54, 1.807) is 0 Å². The first kappa shape index (κ1) is 18.4. The molecule has 0 aromatic rings. The van der Waals surface area contributed by atoms with Crippen LogP contribution >= 0.6 is 0 Å². The van der Waals surface area contributed by atoms with Crippen LogP contribution in [0.3, 0.4) is 0 Å². The van der Waals surface area contributed by atoms with E-state index in [-0.39, 0.29) is 5.91 Å². The minimum absolute atomic E-state index is 0.197. The van der Waals surface area contributed by atoms with Crippen LogP contribution in [0.2, 0.25) is 0 Å². The van der Waals surface area contributed by atoms with Crippen molar-refractivity contribution in [2.45, 2.75) is 51.9 Å². The van der Waals surface area contributed by atoms with Crippen LogP contribution in [0.1, 0.15) is 51.9 Å². The Labute approximate surface area is 119 Å². The number of carbonyl (C=O) groups is 1. The van der Waals surface area contributed by atoms with Gasteiger partial charge in [0.1, 0.15) is 0 Å². The van der Waals surface area contributed by atoms with Crippen molar-refractivity contribution in [2.24, 2.45) is 11.7 Å². The Morgan fingerprint density at radius 1 is 1.21 bits per heavy atom. The first-order valence-corrected chi connectivity index (χ1v) is 7.71. The predicted octanol–water partition coefficient (Wildman–Crippen LogP) is 1.99. The highest BCUT2D eigenvalue weighted by atomic mass is 16.1. The summed E-state index contributed by atoms with van der Waals surface area (Å²) in [6, 6.07) is 0. The fourth-order valence-corrected chi connectivity index (χ4v) is 2.28. The van der Waals surface area contributed by atoms with Crippen molar-refractivity contribution in [3.05, 3.63) is 0 Å². The second-order valence-electron chi connectivity index (χ2n) is 5.63. The quantitative estimate of drug-likeness (QED) is 0.534. The minimum atomic E-state index is 0.197. The predicted molar refractivity (Wildman–Crippen MR) is 82.1 cm³/mol. The van der Waals surface area contributed by atoms with E-state index in [9.17, 15) is 4.79 Å². The molecule has 0 aliphatic carbocycles. The third kappa shape index (κ3) is 12.2. The molecule has 0 saturated carbocycles. The van der Waals surface area contributed by atoms with Crippen LogP contribution in [0.5, 0.6) is 0 Å². The van der Waals surface area contributed by atoms with Gasteiger partial charge in [-0.2, -0.15) is 0 Å². The first-order chi connectivity index (χ1) is 9.10. The van der Waals surface area contributed by atoms with Crippen LogP contribution in [0.15, 0.2) is 0 Å². The Balaban J connectivity index is 3.56. The molecule has 0 aromatic carbocycles. The summed E-state index contributed by atoms with van der Waals surface area (Å²) >= 11 is 0. The fraction of sp³-hybridized carbons (Fsp3) is 0.933. The SMILES string of the molecule is CCCC(CCN)CCC(=O)NCCCCN(C)C. The zero-order valence-electron chi connectivity index (χ0n) is 13.1. The molecule has 19 heavy (non-hydrogen) atoms. The number of nitrogens with one attached hydrogen (secondary N) is 1. The van der Waals surface area contributed by atoms with Crippen LogP contribution in [0.4, 0.5) is 0 Å². The third-order valence-electron chi connectivity index (χ3n) is 3.41. The van der Waals surface area contributed by atoms with Crippen molar-refractivity contribution in [1.82, 2.24) is 10.2 Å². The molecule has 4 nitrogen and oxygen atoms in total. The summed E-state index contributed by atoms with van der Waals surface area (Å²) < 4.78 is 0. The lowest BCUT2D eigenvalue weighted by molar-refractivity contribution is -0.121. The molecule has 0 bridgehead atoms. The van der Waals surface area contributed by atoms with E-state index in [1.165, 1.54) is 12.8 Å². The van der Waals surface area contributed by atoms with Gasteiger partial charge in [0.15, 0.2) is 0 Å². The largest absolute Gasteiger partial charge is 0.356 e. The van der Waals surface area contributed by atoms with E-state index < -0.39 is 0 Å². The first-order valence-electron chi connectivity index (χ1n) is 7.71. The van der Waals surface area contributed by atoms with Gasteiger partial charge in [0.05, 0.1) is 0 Å². The molecule has 1 atom stereocenters. The maximum atomic E-state index is 11.7. The highest BCUT2D eigenvalue weighted by molar-refractivity contribution is 5.75. The summed E-state index contributed by atoms with van der Waals surface area (Å²) in [4.78, 5) is 13.9. The Kier molecular flexibility index (Phi) is 12.0. The number of nitrogens with zero attached hydrogens (tertiary/aromatic N) is 1. The topological polar surface area (TPSA) is 58.4 Å². The van der Waals surface area contributed by atoms with Crippen molar-refractivity contribution in [1.29, 1.82) is 0 Å². The van der Waals surface area contributed by atoms with E-state index in [2.05, 4.69) is 31.2 Å². The molecule has 0 aliphatic rings.